The molecule has 1 aromatic rings. The van der Waals surface area contributed by atoms with Gasteiger partial charge in [0.25, 0.3) is 0 Å². The van der Waals surface area contributed by atoms with Crippen molar-refractivity contribution in [3.05, 3.63) is 21.3 Å². The molecule has 60 valence electrons. The lowest BCUT2D eigenvalue weighted by Gasteiger charge is -1.98. The Morgan fingerprint density at radius 1 is 1.82 bits per heavy atom. The third-order valence-corrected chi connectivity index (χ3v) is 2.97. The lowest BCUT2D eigenvalue weighted by molar-refractivity contribution is 0.1000. The molecule has 1 nitrogen and oxygen atoms in total. The monoisotopic (exact) mass is 252 g/mol. The van der Waals surface area contributed by atoms with Crippen LogP contribution in [0.3, 0.4) is 0 Å². The minimum atomic E-state index is -0.154. The third kappa shape index (κ3) is 2.04. The molecule has 1 unspecified atom stereocenters. The molecular formula is C7H6BrClOS. The van der Waals surface area contributed by atoms with E-state index in [9.17, 15) is 4.79 Å². The Labute approximate surface area is 82.5 Å². The fourth-order valence-corrected chi connectivity index (χ4v) is 2.21. The van der Waals surface area contributed by atoms with Gasteiger partial charge in [-0.1, -0.05) is 27.5 Å². The Morgan fingerprint density at radius 3 is 2.82 bits per heavy atom. The van der Waals surface area contributed by atoms with Gasteiger partial charge in [-0.3, -0.25) is 4.79 Å². The maximum atomic E-state index is 11.3. The summed E-state index contributed by atoms with van der Waals surface area (Å²) in [6.45, 7) is 1.79. The number of alkyl halides is 1. The summed E-state index contributed by atoms with van der Waals surface area (Å²) >= 11 is 10.3. The van der Waals surface area contributed by atoms with Crippen molar-refractivity contribution in [2.45, 2.75) is 11.8 Å². The Kier molecular flexibility index (Phi) is 3.10. The van der Waals surface area contributed by atoms with Gasteiger partial charge in [-0.2, -0.15) is 0 Å². The SMILES string of the molecule is CC(Br)C(=O)c1sccc1Cl. The Bertz CT molecular complexity index is 269. The van der Waals surface area contributed by atoms with Crippen LogP contribution in [0.1, 0.15) is 16.6 Å². The molecule has 0 aliphatic rings. The molecule has 0 aliphatic heterocycles. The lowest BCUT2D eigenvalue weighted by Crippen LogP contribution is -2.07. The quantitative estimate of drug-likeness (QED) is 0.583. The number of Topliss-reactive ketones (excluding diaryl/α,β-unsaturated/α-hetero) is 1. The number of rotatable bonds is 2. The molecule has 0 saturated heterocycles. The zero-order chi connectivity index (χ0) is 8.43. The van der Waals surface area contributed by atoms with Gasteiger partial charge >= 0.3 is 0 Å². The second-order valence-electron chi connectivity index (χ2n) is 2.08. The van der Waals surface area contributed by atoms with Crippen LogP contribution in [0.25, 0.3) is 0 Å². The van der Waals surface area contributed by atoms with E-state index < -0.39 is 0 Å². The minimum Gasteiger partial charge on any atom is -0.292 e. The van der Waals surface area contributed by atoms with Crippen LogP contribution < -0.4 is 0 Å². The molecule has 0 saturated carbocycles. The highest BCUT2D eigenvalue weighted by Gasteiger charge is 2.15. The summed E-state index contributed by atoms with van der Waals surface area (Å²) < 4.78 is 0. The van der Waals surface area contributed by atoms with Crippen molar-refractivity contribution in [3.63, 3.8) is 0 Å². The normalized spacial score (nSPS) is 13.0. The smallest absolute Gasteiger partial charge is 0.187 e. The Hall–Kier alpha value is 0.140. The van der Waals surface area contributed by atoms with Crippen LogP contribution >= 0.6 is 38.9 Å². The maximum Gasteiger partial charge on any atom is 0.187 e. The second kappa shape index (κ2) is 3.70. The minimum absolute atomic E-state index is 0.0463. The van der Waals surface area contributed by atoms with Gasteiger partial charge in [0.15, 0.2) is 5.78 Å². The topological polar surface area (TPSA) is 17.1 Å². The van der Waals surface area contributed by atoms with Crippen LogP contribution in [0, 0.1) is 0 Å². The number of carbonyl (C=O) groups is 1. The summed E-state index contributed by atoms with van der Waals surface area (Å²) in [4.78, 5) is 11.8. The highest BCUT2D eigenvalue weighted by molar-refractivity contribution is 9.10. The molecule has 11 heavy (non-hydrogen) atoms. The van der Waals surface area contributed by atoms with Crippen LogP contribution in [-0.4, -0.2) is 10.6 Å². The molecule has 0 fully saturated rings. The molecule has 0 bridgehead atoms. The van der Waals surface area contributed by atoms with Crippen LogP contribution in [-0.2, 0) is 0 Å². The van der Waals surface area contributed by atoms with Crippen LogP contribution in [0.5, 0.6) is 0 Å². The largest absolute Gasteiger partial charge is 0.292 e. The van der Waals surface area contributed by atoms with Gasteiger partial charge in [-0.15, -0.1) is 11.3 Å². The summed E-state index contributed by atoms with van der Waals surface area (Å²) in [6, 6.07) is 1.73. The molecule has 1 atom stereocenters. The van der Waals surface area contributed by atoms with Crippen LogP contribution in [0.4, 0.5) is 0 Å². The van der Waals surface area contributed by atoms with Crippen LogP contribution in [0.15, 0.2) is 11.4 Å². The molecule has 0 radical (unpaired) electrons. The van der Waals surface area contributed by atoms with Crippen molar-refractivity contribution in [2.24, 2.45) is 0 Å². The highest BCUT2D eigenvalue weighted by atomic mass is 79.9. The summed E-state index contributed by atoms with van der Waals surface area (Å²) in [6.07, 6.45) is 0. The van der Waals surface area contributed by atoms with Crippen molar-refractivity contribution >= 4 is 44.7 Å². The second-order valence-corrected chi connectivity index (χ2v) is 4.77. The van der Waals surface area contributed by atoms with Crippen molar-refractivity contribution in [1.82, 2.24) is 0 Å². The van der Waals surface area contributed by atoms with Gasteiger partial charge in [0.2, 0.25) is 0 Å². The predicted molar refractivity (Wildman–Crippen MR) is 52.0 cm³/mol. The lowest BCUT2D eigenvalue weighted by atomic mass is 10.2. The van der Waals surface area contributed by atoms with E-state index >= 15 is 0 Å². The van der Waals surface area contributed by atoms with Crippen molar-refractivity contribution in [1.29, 1.82) is 0 Å². The van der Waals surface area contributed by atoms with Gasteiger partial charge in [-0.05, 0) is 18.4 Å². The molecule has 0 amide bonds. The van der Waals surface area contributed by atoms with E-state index in [4.69, 9.17) is 11.6 Å². The average Bonchev–Trinajstić information content (AvgIpc) is 2.33. The summed E-state index contributed by atoms with van der Waals surface area (Å²) in [5.74, 6) is 0.0463. The number of ketones is 1. The summed E-state index contributed by atoms with van der Waals surface area (Å²) in [5, 5.41) is 2.36. The molecule has 4 heteroatoms. The first-order valence-corrected chi connectivity index (χ1v) is 5.21. The first-order valence-electron chi connectivity index (χ1n) is 3.04. The van der Waals surface area contributed by atoms with Gasteiger partial charge in [0.1, 0.15) is 0 Å². The number of hydrogen-bond acceptors (Lipinski definition) is 2. The number of thiophene rings is 1. The summed E-state index contributed by atoms with van der Waals surface area (Å²) in [5.41, 5.74) is 0. The fourth-order valence-electron chi connectivity index (χ4n) is 0.650. The van der Waals surface area contributed by atoms with E-state index in [0.29, 0.717) is 9.90 Å². The maximum absolute atomic E-state index is 11.3. The predicted octanol–water partition coefficient (Wildman–Crippen LogP) is 3.37. The molecule has 0 N–H and O–H groups in total. The van der Waals surface area contributed by atoms with Gasteiger partial charge in [0.05, 0.1) is 14.7 Å². The zero-order valence-corrected chi connectivity index (χ0v) is 8.96. The first-order chi connectivity index (χ1) is 5.13. The van der Waals surface area contributed by atoms with Crippen LogP contribution in [0.2, 0.25) is 5.02 Å². The molecule has 0 spiro atoms. The van der Waals surface area contributed by atoms with Gasteiger partial charge in [-0.25, -0.2) is 0 Å². The molecule has 0 aromatic carbocycles. The molecule has 1 aromatic heterocycles. The van der Waals surface area contributed by atoms with E-state index in [1.54, 1.807) is 13.0 Å². The van der Waals surface area contributed by atoms with E-state index in [1.807, 2.05) is 5.38 Å². The van der Waals surface area contributed by atoms with Crippen molar-refractivity contribution < 1.29 is 4.79 Å². The number of carbonyl (C=O) groups excluding carboxylic acids is 1. The molecule has 1 heterocycles. The Balaban J connectivity index is 2.93. The Morgan fingerprint density at radius 2 is 2.45 bits per heavy atom. The summed E-state index contributed by atoms with van der Waals surface area (Å²) in [7, 11) is 0. The van der Waals surface area contributed by atoms with E-state index in [-0.39, 0.29) is 10.6 Å². The van der Waals surface area contributed by atoms with E-state index in [0.717, 1.165) is 0 Å². The molecule has 0 aliphatic carbocycles. The molecule has 1 rings (SSSR count). The van der Waals surface area contributed by atoms with Gasteiger partial charge in [0, 0.05) is 0 Å². The van der Waals surface area contributed by atoms with E-state index in [2.05, 4.69) is 15.9 Å². The number of halogens is 2. The number of hydrogen-bond donors (Lipinski definition) is 0. The fraction of sp³-hybridized carbons (Fsp3) is 0.286. The zero-order valence-electron chi connectivity index (χ0n) is 5.80. The first kappa shape index (κ1) is 9.23. The molecular weight excluding hydrogens is 247 g/mol. The van der Waals surface area contributed by atoms with Crippen molar-refractivity contribution in [2.75, 3.05) is 0 Å². The third-order valence-electron chi connectivity index (χ3n) is 1.20. The highest BCUT2D eigenvalue weighted by Crippen LogP contribution is 2.24. The average molecular weight is 254 g/mol. The van der Waals surface area contributed by atoms with Crippen molar-refractivity contribution in [3.8, 4) is 0 Å². The standard InChI is InChI=1S/C7H6BrClOS/c1-4(8)6(10)7-5(9)2-3-11-7/h2-4H,1H3. The van der Waals surface area contributed by atoms with E-state index in [1.165, 1.54) is 11.3 Å². The van der Waals surface area contributed by atoms with Gasteiger partial charge < -0.3 is 0 Å².